The van der Waals surface area contributed by atoms with Gasteiger partial charge in [0.05, 0.1) is 17.6 Å². The molecule has 8 nitrogen and oxygen atoms in total. The Bertz CT molecular complexity index is 1070. The fourth-order valence-electron chi connectivity index (χ4n) is 4.02. The highest BCUT2D eigenvalue weighted by atomic mass is 35.5. The van der Waals surface area contributed by atoms with Gasteiger partial charge in [0.2, 0.25) is 5.89 Å². The van der Waals surface area contributed by atoms with E-state index in [4.69, 9.17) is 27.6 Å². The highest BCUT2D eigenvalue weighted by Crippen LogP contribution is 2.38. The molecule has 0 radical (unpaired) electrons. The van der Waals surface area contributed by atoms with Gasteiger partial charge in [-0.25, -0.2) is 0 Å². The topological polar surface area (TPSA) is 92.0 Å². The fraction of sp³-hybridized carbons (Fsp3) is 0.400. The Morgan fingerprint density at radius 2 is 2.03 bits per heavy atom. The van der Waals surface area contributed by atoms with Gasteiger partial charge in [0.1, 0.15) is 0 Å². The summed E-state index contributed by atoms with van der Waals surface area (Å²) in [6.07, 6.45) is 0.993. The molecule has 2 aliphatic rings. The summed E-state index contributed by atoms with van der Waals surface area (Å²) in [5.41, 5.74) is 2.43. The second-order valence-corrected chi connectivity index (χ2v) is 8.40. The van der Waals surface area contributed by atoms with E-state index in [9.17, 15) is 0 Å². The maximum Gasteiger partial charge on any atom is 0.268 e. The summed E-state index contributed by atoms with van der Waals surface area (Å²) < 4.78 is 5.92. The smallest absolute Gasteiger partial charge is 0.268 e. The number of hydrogen-bond donors (Lipinski definition) is 2. The van der Waals surface area contributed by atoms with Gasteiger partial charge in [-0.3, -0.25) is 0 Å². The first kappa shape index (κ1) is 19.5. The molecule has 4 heterocycles. The Labute approximate surface area is 184 Å². The molecule has 1 aromatic carbocycles. The molecule has 10 heteroatoms. The Kier molecular flexibility index (Phi) is 5.22. The average Bonchev–Trinajstić information content (AvgIpc) is 3.46. The second-order valence-electron chi connectivity index (χ2n) is 7.56. The van der Waals surface area contributed by atoms with Gasteiger partial charge in [-0.05, 0) is 49.7 Å². The lowest BCUT2D eigenvalue weighted by molar-refractivity contribution is 0.465. The van der Waals surface area contributed by atoms with Crippen LogP contribution in [-0.2, 0) is 0 Å². The predicted octanol–water partition coefficient (Wildman–Crippen LogP) is 3.90. The summed E-state index contributed by atoms with van der Waals surface area (Å²) >= 11 is 12.7. The van der Waals surface area contributed by atoms with Crippen molar-refractivity contribution in [1.29, 1.82) is 0 Å². The van der Waals surface area contributed by atoms with Crippen molar-refractivity contribution in [1.82, 2.24) is 25.7 Å². The molecule has 0 amide bonds. The minimum atomic E-state index is -0.00286. The van der Waals surface area contributed by atoms with Crippen LogP contribution in [0.25, 0.3) is 11.6 Å². The Morgan fingerprint density at radius 1 is 1.13 bits per heavy atom. The van der Waals surface area contributed by atoms with Crippen molar-refractivity contribution in [3.05, 3.63) is 45.8 Å². The first-order valence-corrected chi connectivity index (χ1v) is 10.7. The number of anilines is 2. The molecule has 30 heavy (non-hydrogen) atoms. The second kappa shape index (κ2) is 8.02. The van der Waals surface area contributed by atoms with Crippen LogP contribution in [0.1, 0.15) is 36.8 Å². The van der Waals surface area contributed by atoms with Crippen LogP contribution < -0.4 is 15.5 Å². The number of nitrogens with zero attached hydrogens (tertiary/aromatic N) is 5. The van der Waals surface area contributed by atoms with Crippen molar-refractivity contribution >= 4 is 34.7 Å². The molecule has 1 fully saturated rings. The van der Waals surface area contributed by atoms with Crippen LogP contribution in [0.15, 0.2) is 28.7 Å². The molecule has 1 saturated heterocycles. The van der Waals surface area contributed by atoms with Gasteiger partial charge in [-0.2, -0.15) is 0 Å². The maximum absolute atomic E-state index is 6.46. The highest BCUT2D eigenvalue weighted by Gasteiger charge is 2.28. The number of halogens is 2. The third-order valence-corrected chi connectivity index (χ3v) is 6.25. The number of nitrogens with one attached hydrogen (secondary N) is 2. The van der Waals surface area contributed by atoms with E-state index in [-0.39, 0.29) is 12.0 Å². The third kappa shape index (κ3) is 3.59. The Morgan fingerprint density at radius 3 is 2.87 bits per heavy atom. The highest BCUT2D eigenvalue weighted by molar-refractivity contribution is 6.33. The zero-order chi connectivity index (χ0) is 20.7. The number of aromatic nitrogens is 4. The number of rotatable bonds is 4. The zero-order valence-electron chi connectivity index (χ0n) is 16.4. The van der Waals surface area contributed by atoms with E-state index < -0.39 is 0 Å². The summed E-state index contributed by atoms with van der Waals surface area (Å²) in [6, 6.07) is 7.46. The summed E-state index contributed by atoms with van der Waals surface area (Å²) in [6.45, 7) is 5.46. The van der Waals surface area contributed by atoms with Gasteiger partial charge in [-0.1, -0.05) is 23.2 Å². The fourth-order valence-corrected chi connectivity index (χ4v) is 4.48. The van der Waals surface area contributed by atoms with E-state index in [2.05, 4.69) is 42.9 Å². The lowest BCUT2D eigenvalue weighted by Crippen LogP contribution is -2.36. The van der Waals surface area contributed by atoms with E-state index in [0.717, 1.165) is 49.7 Å². The SMILES string of the molecule is C[C@H](c1cc(Cl)ccc1Cl)N1CCNc2nnc(-c3nnc(C4CCNC4)o3)cc21. The van der Waals surface area contributed by atoms with Crippen LogP contribution in [0.3, 0.4) is 0 Å². The van der Waals surface area contributed by atoms with Gasteiger partial charge in [-0.15, -0.1) is 20.4 Å². The Hall–Kier alpha value is -2.42. The summed E-state index contributed by atoms with van der Waals surface area (Å²) in [5, 5.41) is 25.1. The maximum atomic E-state index is 6.46. The minimum absolute atomic E-state index is 0.00286. The molecule has 3 aromatic rings. The van der Waals surface area contributed by atoms with Crippen LogP contribution in [-0.4, -0.2) is 46.6 Å². The first-order valence-electron chi connectivity index (χ1n) is 9.98. The molecule has 2 atom stereocenters. The van der Waals surface area contributed by atoms with Crippen molar-refractivity contribution in [2.75, 3.05) is 36.4 Å². The van der Waals surface area contributed by atoms with E-state index in [1.165, 1.54) is 0 Å². The van der Waals surface area contributed by atoms with Crippen molar-refractivity contribution in [3.8, 4) is 11.6 Å². The largest absolute Gasteiger partial charge is 0.419 e. The van der Waals surface area contributed by atoms with Gasteiger partial charge < -0.3 is 20.0 Å². The molecule has 0 spiro atoms. The predicted molar refractivity (Wildman–Crippen MR) is 116 cm³/mol. The normalized spacial score (nSPS) is 19.4. The van der Waals surface area contributed by atoms with Crippen molar-refractivity contribution in [2.24, 2.45) is 0 Å². The quantitative estimate of drug-likeness (QED) is 0.624. The van der Waals surface area contributed by atoms with Gasteiger partial charge in [0, 0.05) is 29.7 Å². The molecule has 5 rings (SSSR count). The summed E-state index contributed by atoms with van der Waals surface area (Å²) in [4.78, 5) is 2.24. The van der Waals surface area contributed by atoms with Crippen LogP contribution in [0.5, 0.6) is 0 Å². The van der Waals surface area contributed by atoms with E-state index in [0.29, 0.717) is 27.5 Å². The van der Waals surface area contributed by atoms with Crippen molar-refractivity contribution in [2.45, 2.75) is 25.3 Å². The van der Waals surface area contributed by atoms with Gasteiger partial charge >= 0.3 is 0 Å². The van der Waals surface area contributed by atoms with Crippen molar-refractivity contribution in [3.63, 3.8) is 0 Å². The van der Waals surface area contributed by atoms with E-state index in [1.807, 2.05) is 18.2 Å². The van der Waals surface area contributed by atoms with Crippen molar-refractivity contribution < 1.29 is 4.42 Å². The molecule has 0 bridgehead atoms. The van der Waals surface area contributed by atoms with Crippen LogP contribution in [0, 0.1) is 0 Å². The summed E-state index contributed by atoms with van der Waals surface area (Å²) in [7, 11) is 0. The first-order chi connectivity index (χ1) is 14.6. The molecule has 1 unspecified atom stereocenters. The molecule has 2 aromatic heterocycles. The number of benzene rings is 1. The van der Waals surface area contributed by atoms with E-state index >= 15 is 0 Å². The van der Waals surface area contributed by atoms with Gasteiger partial charge in [0.15, 0.2) is 11.5 Å². The monoisotopic (exact) mass is 445 g/mol. The molecular formula is C20H21Cl2N7O. The standard InChI is InChI=1S/C20H21Cl2N7O/c1-11(14-8-13(21)2-3-15(14)22)29-7-6-24-18-17(29)9-16(25-26-18)20-28-27-19(30-20)12-4-5-23-10-12/h2-3,8-9,11-12,23H,4-7,10H2,1H3,(H,24,26)/t11-,12?/m1/s1. The van der Waals surface area contributed by atoms with Gasteiger partial charge in [0.25, 0.3) is 5.89 Å². The van der Waals surface area contributed by atoms with Crippen LogP contribution in [0.2, 0.25) is 10.0 Å². The lowest BCUT2D eigenvalue weighted by Gasteiger charge is -2.36. The lowest BCUT2D eigenvalue weighted by atomic mass is 10.1. The zero-order valence-corrected chi connectivity index (χ0v) is 17.9. The summed E-state index contributed by atoms with van der Waals surface area (Å²) in [5.74, 6) is 1.99. The molecule has 0 saturated carbocycles. The molecule has 156 valence electrons. The molecule has 2 N–H and O–H groups in total. The number of hydrogen-bond acceptors (Lipinski definition) is 8. The Balaban J connectivity index is 1.48. The minimum Gasteiger partial charge on any atom is -0.419 e. The van der Waals surface area contributed by atoms with E-state index in [1.54, 1.807) is 6.07 Å². The van der Waals surface area contributed by atoms with Crippen LogP contribution in [0.4, 0.5) is 11.5 Å². The molecular weight excluding hydrogens is 425 g/mol. The number of fused-ring (bicyclic) bond motifs is 1. The molecule has 2 aliphatic heterocycles. The van der Waals surface area contributed by atoms with Crippen LogP contribution >= 0.6 is 23.2 Å². The third-order valence-electron chi connectivity index (χ3n) is 5.67. The average molecular weight is 446 g/mol. The molecule has 0 aliphatic carbocycles.